The van der Waals surface area contributed by atoms with Crippen LogP contribution >= 0.6 is 11.3 Å². The Labute approximate surface area is 143 Å². The van der Waals surface area contributed by atoms with E-state index in [9.17, 15) is 5.26 Å². The van der Waals surface area contributed by atoms with E-state index in [2.05, 4.69) is 39.0 Å². The first-order valence-electron chi connectivity index (χ1n) is 7.68. The Morgan fingerprint density at radius 2 is 2.25 bits per heavy atom. The molecule has 1 atom stereocenters. The van der Waals surface area contributed by atoms with Crippen LogP contribution in [0.15, 0.2) is 36.7 Å². The van der Waals surface area contributed by atoms with Crippen molar-refractivity contribution in [2.24, 2.45) is 0 Å². The number of nitriles is 1. The van der Waals surface area contributed by atoms with Crippen LogP contribution in [0.4, 0.5) is 5.82 Å². The second-order valence-corrected chi connectivity index (χ2v) is 6.76. The van der Waals surface area contributed by atoms with E-state index in [4.69, 9.17) is 5.73 Å². The molecule has 4 heterocycles. The number of H-pyrrole nitrogens is 1. The first-order chi connectivity index (χ1) is 11.8. The number of pyridine rings is 1. The highest BCUT2D eigenvalue weighted by atomic mass is 32.1. The standard InChI is InChI=1S/C17H16N6S/c18-8-12-11(7-14(22-17(12)19)10-3-5-20-9-10)15-1-2-16(24-15)13-4-6-21-23-13/h1-3,5,7,9,13,20-21,23H,4,6H2,(H2,19,22). The van der Waals surface area contributed by atoms with Crippen molar-refractivity contribution in [3.05, 3.63) is 47.1 Å². The van der Waals surface area contributed by atoms with E-state index >= 15 is 0 Å². The van der Waals surface area contributed by atoms with Gasteiger partial charge >= 0.3 is 0 Å². The van der Waals surface area contributed by atoms with Crippen LogP contribution in [0.25, 0.3) is 21.7 Å². The van der Waals surface area contributed by atoms with E-state index < -0.39 is 0 Å². The lowest BCUT2D eigenvalue weighted by molar-refractivity contribution is 0.588. The molecule has 0 spiro atoms. The molecule has 0 radical (unpaired) electrons. The smallest absolute Gasteiger partial charge is 0.142 e. The summed E-state index contributed by atoms with van der Waals surface area (Å²) in [7, 11) is 0. The summed E-state index contributed by atoms with van der Waals surface area (Å²) >= 11 is 1.68. The molecule has 1 saturated heterocycles. The van der Waals surface area contributed by atoms with Crippen LogP contribution in [0, 0.1) is 11.3 Å². The Hall–Kier alpha value is -2.66. The van der Waals surface area contributed by atoms with Gasteiger partial charge in [0, 0.05) is 39.8 Å². The van der Waals surface area contributed by atoms with Gasteiger partial charge in [0.15, 0.2) is 0 Å². The van der Waals surface area contributed by atoms with Gasteiger partial charge in [-0.15, -0.1) is 11.3 Å². The largest absolute Gasteiger partial charge is 0.383 e. The number of nitrogen functional groups attached to an aromatic ring is 1. The van der Waals surface area contributed by atoms with Gasteiger partial charge in [-0.1, -0.05) is 0 Å². The summed E-state index contributed by atoms with van der Waals surface area (Å²) in [6.07, 6.45) is 4.76. The van der Waals surface area contributed by atoms with E-state index in [0.717, 1.165) is 34.7 Å². The van der Waals surface area contributed by atoms with E-state index in [0.29, 0.717) is 11.6 Å². The van der Waals surface area contributed by atoms with Gasteiger partial charge in [-0.3, -0.25) is 5.43 Å². The molecule has 0 amide bonds. The van der Waals surface area contributed by atoms with Crippen molar-refractivity contribution in [3.8, 4) is 27.8 Å². The van der Waals surface area contributed by atoms with Crippen molar-refractivity contribution in [2.45, 2.75) is 12.5 Å². The highest BCUT2D eigenvalue weighted by Gasteiger charge is 2.20. The van der Waals surface area contributed by atoms with Gasteiger partial charge < -0.3 is 10.7 Å². The zero-order valence-corrected chi connectivity index (χ0v) is 13.7. The van der Waals surface area contributed by atoms with Crippen molar-refractivity contribution >= 4 is 17.2 Å². The van der Waals surface area contributed by atoms with Crippen molar-refractivity contribution in [2.75, 3.05) is 12.3 Å². The third kappa shape index (κ3) is 2.57. The Balaban J connectivity index is 1.80. The highest BCUT2D eigenvalue weighted by Crippen LogP contribution is 2.37. The Morgan fingerprint density at radius 3 is 2.96 bits per heavy atom. The molecule has 0 aromatic carbocycles. The number of nitrogens with one attached hydrogen (secondary N) is 3. The lowest BCUT2D eigenvalue weighted by atomic mass is 10.0. The van der Waals surface area contributed by atoms with Crippen LogP contribution in [-0.2, 0) is 0 Å². The average Bonchev–Trinajstić information content (AvgIpc) is 3.35. The van der Waals surface area contributed by atoms with Gasteiger partial charge in [0.05, 0.1) is 11.7 Å². The second kappa shape index (κ2) is 6.09. The summed E-state index contributed by atoms with van der Waals surface area (Å²) in [5.41, 5.74) is 15.4. The first kappa shape index (κ1) is 14.9. The number of hydrazine groups is 1. The predicted molar refractivity (Wildman–Crippen MR) is 95.0 cm³/mol. The number of nitrogens with zero attached hydrogens (tertiary/aromatic N) is 2. The van der Waals surface area contributed by atoms with Crippen LogP contribution in [0.1, 0.15) is 22.9 Å². The van der Waals surface area contributed by atoms with Crippen molar-refractivity contribution in [1.82, 2.24) is 20.8 Å². The van der Waals surface area contributed by atoms with E-state index in [1.165, 1.54) is 4.88 Å². The molecule has 6 nitrogen and oxygen atoms in total. The summed E-state index contributed by atoms with van der Waals surface area (Å²) < 4.78 is 0. The van der Waals surface area contributed by atoms with Crippen LogP contribution < -0.4 is 16.6 Å². The maximum Gasteiger partial charge on any atom is 0.142 e. The molecular formula is C17H16N6S. The summed E-state index contributed by atoms with van der Waals surface area (Å²) in [5, 5.41) is 9.51. The monoisotopic (exact) mass is 336 g/mol. The van der Waals surface area contributed by atoms with Crippen LogP contribution in [-0.4, -0.2) is 16.5 Å². The zero-order chi connectivity index (χ0) is 16.5. The average molecular weight is 336 g/mol. The third-order valence-corrected chi connectivity index (χ3v) is 5.36. The lowest BCUT2D eigenvalue weighted by Crippen LogP contribution is -2.24. The molecule has 7 heteroatoms. The zero-order valence-electron chi connectivity index (χ0n) is 12.8. The van der Waals surface area contributed by atoms with Gasteiger partial charge in [0.1, 0.15) is 17.5 Å². The Morgan fingerprint density at radius 1 is 1.33 bits per heavy atom. The summed E-state index contributed by atoms with van der Waals surface area (Å²) in [6, 6.07) is 10.6. The van der Waals surface area contributed by atoms with Crippen molar-refractivity contribution in [3.63, 3.8) is 0 Å². The molecule has 0 aliphatic carbocycles. The number of thiophene rings is 1. The molecule has 0 saturated carbocycles. The lowest BCUT2D eigenvalue weighted by Gasteiger charge is -2.08. The van der Waals surface area contributed by atoms with Gasteiger partial charge in [-0.05, 0) is 30.7 Å². The highest BCUT2D eigenvalue weighted by molar-refractivity contribution is 7.15. The molecule has 1 fully saturated rings. The molecule has 1 aliphatic heterocycles. The number of aromatic nitrogens is 2. The van der Waals surface area contributed by atoms with Crippen molar-refractivity contribution < 1.29 is 0 Å². The Bertz CT molecular complexity index is 900. The molecule has 1 aliphatic rings. The van der Waals surface area contributed by atoms with Crippen LogP contribution in [0.2, 0.25) is 0 Å². The normalized spacial score (nSPS) is 17.0. The number of nitrogens with two attached hydrogens (primary N) is 1. The van der Waals surface area contributed by atoms with Gasteiger partial charge in [-0.2, -0.15) is 5.26 Å². The number of rotatable bonds is 3. The van der Waals surface area contributed by atoms with E-state index in [-0.39, 0.29) is 5.82 Å². The maximum atomic E-state index is 9.51. The molecule has 4 rings (SSSR count). The minimum absolute atomic E-state index is 0.266. The fraction of sp³-hybridized carbons (Fsp3) is 0.176. The van der Waals surface area contributed by atoms with E-state index in [1.807, 2.05) is 24.5 Å². The third-order valence-electron chi connectivity index (χ3n) is 4.12. The number of aromatic amines is 1. The fourth-order valence-electron chi connectivity index (χ4n) is 2.89. The number of hydrogen-bond acceptors (Lipinski definition) is 6. The number of hydrogen-bond donors (Lipinski definition) is 4. The summed E-state index contributed by atoms with van der Waals surface area (Å²) in [6.45, 7) is 0.960. The van der Waals surface area contributed by atoms with Crippen molar-refractivity contribution in [1.29, 1.82) is 5.26 Å². The summed E-state index contributed by atoms with van der Waals surface area (Å²) in [4.78, 5) is 9.67. The van der Waals surface area contributed by atoms with E-state index in [1.54, 1.807) is 11.3 Å². The Kier molecular flexibility index (Phi) is 3.78. The van der Waals surface area contributed by atoms with Crippen LogP contribution in [0.3, 0.4) is 0 Å². The molecule has 24 heavy (non-hydrogen) atoms. The van der Waals surface area contributed by atoms with Gasteiger partial charge in [0.2, 0.25) is 0 Å². The SMILES string of the molecule is N#Cc1c(-c2ccc(C3CCNN3)s2)cc(-c2cc[nH]c2)nc1N. The molecule has 0 bridgehead atoms. The summed E-state index contributed by atoms with van der Waals surface area (Å²) in [5.74, 6) is 0.266. The maximum absolute atomic E-state index is 9.51. The quantitative estimate of drug-likeness (QED) is 0.589. The molecular weight excluding hydrogens is 320 g/mol. The molecule has 3 aromatic heterocycles. The first-order valence-corrected chi connectivity index (χ1v) is 8.50. The topological polar surface area (TPSA) is 103 Å². The second-order valence-electron chi connectivity index (χ2n) is 5.64. The van der Waals surface area contributed by atoms with Crippen LogP contribution in [0.5, 0.6) is 0 Å². The molecule has 5 N–H and O–H groups in total. The number of anilines is 1. The van der Waals surface area contributed by atoms with Gasteiger partial charge in [0.25, 0.3) is 0 Å². The van der Waals surface area contributed by atoms with Gasteiger partial charge in [-0.25, -0.2) is 10.4 Å². The molecule has 120 valence electrons. The minimum atomic E-state index is 0.266. The predicted octanol–water partition coefficient (Wildman–Crippen LogP) is 2.80. The molecule has 1 unspecified atom stereocenters. The minimum Gasteiger partial charge on any atom is -0.383 e. The fourth-order valence-corrected chi connectivity index (χ4v) is 4.01. The molecule has 3 aromatic rings.